The largest absolute Gasteiger partial charge is 0.481 e. The summed E-state index contributed by atoms with van der Waals surface area (Å²) in [5.74, 6) is -0.849. The van der Waals surface area contributed by atoms with Gasteiger partial charge in [0.2, 0.25) is 0 Å². The van der Waals surface area contributed by atoms with Gasteiger partial charge in [0.1, 0.15) is 0 Å². The Hall–Kier alpha value is -1.85. The summed E-state index contributed by atoms with van der Waals surface area (Å²) in [7, 11) is 0. The molecule has 2 atom stereocenters. The molecule has 5 heteroatoms. The van der Waals surface area contributed by atoms with Gasteiger partial charge in [0.15, 0.2) is 0 Å². The molecule has 0 bridgehead atoms. The second-order valence-corrected chi connectivity index (χ2v) is 8.30. The number of hydrogen-bond donors (Lipinski definition) is 1. The minimum Gasteiger partial charge on any atom is -0.481 e. The fraction of sp³-hybridized carbons (Fsp3) is 0.222. The molecule has 0 amide bonds. The van der Waals surface area contributed by atoms with Gasteiger partial charge in [-0.2, -0.15) is 0 Å². The number of benzene rings is 1. The van der Waals surface area contributed by atoms with Gasteiger partial charge in [-0.05, 0) is 37.1 Å². The number of rotatable bonds is 4. The van der Waals surface area contributed by atoms with Gasteiger partial charge in [-0.15, -0.1) is 23.1 Å². The van der Waals surface area contributed by atoms with Gasteiger partial charge in [-0.3, -0.25) is 9.78 Å². The van der Waals surface area contributed by atoms with Crippen LogP contribution in [0.25, 0.3) is 21.3 Å². The first-order valence-electron chi connectivity index (χ1n) is 7.56. The number of aromatic nitrogens is 1. The van der Waals surface area contributed by atoms with Gasteiger partial charge in [0.25, 0.3) is 0 Å². The highest BCUT2D eigenvalue weighted by Gasteiger charge is 2.37. The highest BCUT2D eigenvalue weighted by atomic mass is 32.2. The van der Waals surface area contributed by atoms with Crippen LogP contribution in [-0.4, -0.2) is 21.3 Å². The molecule has 1 N–H and O–H groups in total. The van der Waals surface area contributed by atoms with E-state index in [0.29, 0.717) is 0 Å². The molecule has 1 saturated carbocycles. The first-order chi connectivity index (χ1) is 11.2. The lowest BCUT2D eigenvalue weighted by Gasteiger charge is -2.32. The van der Waals surface area contributed by atoms with Crippen molar-refractivity contribution < 1.29 is 9.90 Å². The number of hydrogen-bond acceptors (Lipinski definition) is 4. The van der Waals surface area contributed by atoms with Gasteiger partial charge >= 0.3 is 5.97 Å². The monoisotopic (exact) mass is 341 g/mol. The third-order valence-corrected chi connectivity index (χ3v) is 6.98. The maximum absolute atomic E-state index is 11.1. The molecule has 116 valence electrons. The number of aliphatic carboxylic acids is 1. The molecule has 2 aromatic heterocycles. The molecule has 2 unspecified atom stereocenters. The first-order valence-corrected chi connectivity index (χ1v) is 9.25. The second-order valence-electron chi connectivity index (χ2n) is 5.67. The Kier molecular flexibility index (Phi) is 3.83. The molecule has 0 aliphatic heterocycles. The third kappa shape index (κ3) is 2.75. The molecule has 0 radical (unpaired) electrons. The van der Waals surface area contributed by atoms with Crippen LogP contribution in [0.2, 0.25) is 0 Å². The van der Waals surface area contributed by atoms with E-state index < -0.39 is 5.97 Å². The number of thiophene rings is 1. The van der Waals surface area contributed by atoms with Crippen LogP contribution in [0.15, 0.2) is 52.9 Å². The molecular formula is C18H15NO2S2. The summed E-state index contributed by atoms with van der Waals surface area (Å²) in [4.78, 5) is 16.8. The molecule has 2 heterocycles. The Balaban J connectivity index is 1.61. The number of carboxylic acids is 1. The SMILES string of the molecule is O=C(O)C1CCC1Sc1ccc(-c2ccnc3ccccc23)s1. The molecule has 1 fully saturated rings. The van der Waals surface area contributed by atoms with Crippen molar-refractivity contribution in [3.8, 4) is 10.4 Å². The van der Waals surface area contributed by atoms with Crippen molar-refractivity contribution in [2.24, 2.45) is 5.92 Å². The van der Waals surface area contributed by atoms with Crippen LogP contribution in [0.1, 0.15) is 12.8 Å². The Labute approximate surface area is 142 Å². The number of nitrogens with zero attached hydrogens (tertiary/aromatic N) is 1. The van der Waals surface area contributed by atoms with E-state index in [1.165, 1.54) is 14.6 Å². The van der Waals surface area contributed by atoms with Crippen molar-refractivity contribution in [1.82, 2.24) is 4.98 Å². The van der Waals surface area contributed by atoms with Crippen LogP contribution >= 0.6 is 23.1 Å². The van der Waals surface area contributed by atoms with Crippen molar-refractivity contribution in [3.05, 3.63) is 48.7 Å². The van der Waals surface area contributed by atoms with Crippen molar-refractivity contribution in [1.29, 1.82) is 0 Å². The fourth-order valence-corrected chi connectivity index (χ4v) is 5.61. The zero-order valence-electron chi connectivity index (χ0n) is 12.3. The van der Waals surface area contributed by atoms with E-state index in [2.05, 4.69) is 23.2 Å². The molecule has 3 nitrogen and oxygen atoms in total. The standard InChI is InChI=1S/C18H15NO2S2/c20-18(21)13-5-6-16(13)23-17-8-7-15(22-17)12-9-10-19-14-4-2-1-3-11(12)14/h1-4,7-10,13,16H,5-6H2,(H,20,21). The summed E-state index contributed by atoms with van der Waals surface area (Å²) >= 11 is 3.44. The van der Waals surface area contributed by atoms with E-state index in [9.17, 15) is 4.79 Å². The van der Waals surface area contributed by atoms with Crippen molar-refractivity contribution in [3.63, 3.8) is 0 Å². The molecule has 23 heavy (non-hydrogen) atoms. The van der Waals surface area contributed by atoms with Crippen LogP contribution in [0.4, 0.5) is 0 Å². The topological polar surface area (TPSA) is 50.2 Å². The lowest BCUT2D eigenvalue weighted by atomic mass is 9.85. The second kappa shape index (κ2) is 5.98. The Morgan fingerprint density at radius 2 is 2.04 bits per heavy atom. The van der Waals surface area contributed by atoms with Gasteiger partial charge in [0, 0.05) is 27.3 Å². The molecule has 4 rings (SSSR count). The summed E-state index contributed by atoms with van der Waals surface area (Å²) in [5.41, 5.74) is 2.19. The third-order valence-electron chi connectivity index (χ3n) is 4.29. The molecule has 3 aromatic rings. The Bertz CT molecular complexity index is 869. The summed E-state index contributed by atoms with van der Waals surface area (Å²) in [6.07, 6.45) is 3.64. The molecule has 1 aliphatic carbocycles. The van der Waals surface area contributed by atoms with E-state index in [-0.39, 0.29) is 11.2 Å². The quantitative estimate of drug-likeness (QED) is 0.732. The summed E-state index contributed by atoms with van der Waals surface area (Å²) in [5, 5.41) is 10.5. The maximum Gasteiger partial charge on any atom is 0.307 e. The van der Waals surface area contributed by atoms with Crippen LogP contribution in [-0.2, 0) is 4.79 Å². The molecule has 1 aromatic carbocycles. The van der Waals surface area contributed by atoms with Gasteiger partial charge in [-0.1, -0.05) is 18.2 Å². The van der Waals surface area contributed by atoms with Crippen LogP contribution < -0.4 is 0 Å². The van der Waals surface area contributed by atoms with Crippen LogP contribution in [0.5, 0.6) is 0 Å². The average Bonchev–Trinajstić information content (AvgIpc) is 2.99. The van der Waals surface area contributed by atoms with Gasteiger partial charge in [0.05, 0.1) is 15.6 Å². The number of carboxylic acid groups (broad SMARTS) is 1. The van der Waals surface area contributed by atoms with Crippen LogP contribution in [0.3, 0.4) is 0 Å². The minimum atomic E-state index is -0.661. The minimum absolute atomic E-state index is 0.188. The molecule has 0 spiro atoms. The van der Waals surface area contributed by atoms with E-state index in [1.807, 2.05) is 30.5 Å². The Morgan fingerprint density at radius 3 is 2.83 bits per heavy atom. The average molecular weight is 341 g/mol. The normalized spacial score (nSPS) is 20.3. The van der Waals surface area contributed by atoms with Crippen molar-refractivity contribution in [2.45, 2.75) is 22.3 Å². The number of thioether (sulfide) groups is 1. The van der Waals surface area contributed by atoms with Crippen molar-refractivity contribution >= 4 is 40.0 Å². The predicted molar refractivity (Wildman–Crippen MR) is 95.1 cm³/mol. The van der Waals surface area contributed by atoms with Gasteiger partial charge < -0.3 is 5.11 Å². The highest BCUT2D eigenvalue weighted by molar-refractivity contribution is 8.01. The molecule has 1 aliphatic rings. The van der Waals surface area contributed by atoms with Crippen LogP contribution in [0, 0.1) is 5.92 Å². The fourth-order valence-electron chi connectivity index (χ4n) is 2.88. The maximum atomic E-state index is 11.1. The highest BCUT2D eigenvalue weighted by Crippen LogP contribution is 2.45. The predicted octanol–water partition coefficient (Wildman–Crippen LogP) is 4.92. The number of fused-ring (bicyclic) bond motifs is 1. The van der Waals surface area contributed by atoms with E-state index in [1.54, 1.807) is 23.1 Å². The molecule has 0 saturated heterocycles. The first kappa shape index (κ1) is 14.7. The zero-order chi connectivity index (χ0) is 15.8. The lowest BCUT2D eigenvalue weighted by Crippen LogP contribution is -2.34. The van der Waals surface area contributed by atoms with E-state index in [0.717, 1.165) is 23.7 Å². The van der Waals surface area contributed by atoms with E-state index >= 15 is 0 Å². The lowest BCUT2D eigenvalue weighted by molar-refractivity contribution is -0.144. The molecular weight excluding hydrogens is 326 g/mol. The smallest absolute Gasteiger partial charge is 0.307 e. The summed E-state index contributed by atoms with van der Waals surface area (Å²) in [6, 6.07) is 14.4. The number of para-hydroxylation sites is 1. The van der Waals surface area contributed by atoms with Gasteiger partial charge in [-0.25, -0.2) is 0 Å². The number of carbonyl (C=O) groups is 1. The van der Waals surface area contributed by atoms with Crippen molar-refractivity contribution in [2.75, 3.05) is 0 Å². The van der Waals surface area contributed by atoms with E-state index in [4.69, 9.17) is 5.11 Å². The Morgan fingerprint density at radius 1 is 1.17 bits per heavy atom. The zero-order valence-corrected chi connectivity index (χ0v) is 13.9. The summed E-state index contributed by atoms with van der Waals surface area (Å²) in [6.45, 7) is 0. The summed E-state index contributed by atoms with van der Waals surface area (Å²) < 4.78 is 1.19. The number of pyridine rings is 1.